The summed E-state index contributed by atoms with van der Waals surface area (Å²) in [5.74, 6) is 1.75. The molecule has 9 heteroatoms. The molecular formula is C16H18N4O5. The third kappa shape index (κ3) is 3.39. The molecule has 0 saturated heterocycles. The topological polar surface area (TPSA) is 105 Å². The summed E-state index contributed by atoms with van der Waals surface area (Å²) in [6.07, 6.45) is 1.58. The average molecular weight is 346 g/mol. The van der Waals surface area contributed by atoms with Crippen LogP contribution in [-0.4, -0.2) is 34.1 Å². The number of rotatable bonds is 7. The molecule has 0 radical (unpaired) electrons. The molecule has 0 atom stereocenters. The highest BCUT2D eigenvalue weighted by Crippen LogP contribution is 2.31. The van der Waals surface area contributed by atoms with Gasteiger partial charge in [-0.1, -0.05) is 17.2 Å². The van der Waals surface area contributed by atoms with Gasteiger partial charge < -0.3 is 14.0 Å². The van der Waals surface area contributed by atoms with Gasteiger partial charge >= 0.3 is 5.76 Å². The smallest absolute Gasteiger partial charge is 0.442 e. The van der Waals surface area contributed by atoms with Crippen LogP contribution in [0.3, 0.4) is 0 Å². The van der Waals surface area contributed by atoms with E-state index in [0.29, 0.717) is 41.0 Å². The van der Waals surface area contributed by atoms with Crippen LogP contribution in [0.5, 0.6) is 11.5 Å². The second-order valence-electron chi connectivity index (χ2n) is 5.28. The van der Waals surface area contributed by atoms with Crippen molar-refractivity contribution in [3.8, 4) is 22.9 Å². The highest BCUT2D eigenvalue weighted by Gasteiger charge is 2.17. The predicted octanol–water partition coefficient (Wildman–Crippen LogP) is 1.90. The summed E-state index contributed by atoms with van der Waals surface area (Å²) < 4.78 is 21.8. The summed E-state index contributed by atoms with van der Waals surface area (Å²) in [6.45, 7) is 2.11. The van der Waals surface area contributed by atoms with Crippen LogP contribution in [0.2, 0.25) is 0 Å². The van der Waals surface area contributed by atoms with Gasteiger partial charge in [0.15, 0.2) is 23.1 Å². The monoisotopic (exact) mass is 346 g/mol. The van der Waals surface area contributed by atoms with E-state index in [2.05, 4.69) is 15.3 Å². The first-order valence-electron chi connectivity index (χ1n) is 7.76. The van der Waals surface area contributed by atoms with Crippen molar-refractivity contribution in [3.05, 3.63) is 40.5 Å². The van der Waals surface area contributed by atoms with Crippen molar-refractivity contribution in [1.82, 2.24) is 19.9 Å². The Morgan fingerprint density at radius 2 is 1.92 bits per heavy atom. The molecule has 0 aliphatic rings. The molecule has 3 rings (SSSR count). The van der Waals surface area contributed by atoms with Crippen LogP contribution < -0.4 is 15.2 Å². The first kappa shape index (κ1) is 16.7. The van der Waals surface area contributed by atoms with E-state index in [1.54, 1.807) is 25.3 Å². The minimum atomic E-state index is -0.605. The highest BCUT2D eigenvalue weighted by atomic mass is 16.5. The van der Waals surface area contributed by atoms with E-state index < -0.39 is 5.76 Å². The van der Waals surface area contributed by atoms with Gasteiger partial charge in [0.1, 0.15) is 0 Å². The lowest BCUT2D eigenvalue weighted by molar-refractivity contribution is 0.355. The molecule has 0 spiro atoms. The molecule has 0 aliphatic carbocycles. The van der Waals surface area contributed by atoms with Crippen molar-refractivity contribution in [2.75, 3.05) is 14.2 Å². The van der Waals surface area contributed by atoms with Crippen molar-refractivity contribution in [2.24, 2.45) is 0 Å². The molecule has 3 aromatic rings. The normalized spacial score (nSPS) is 10.8. The Balaban J connectivity index is 1.95. The zero-order chi connectivity index (χ0) is 17.8. The number of benzene rings is 1. The van der Waals surface area contributed by atoms with Crippen LogP contribution in [0.4, 0.5) is 0 Å². The average Bonchev–Trinajstić information content (AvgIpc) is 3.22. The maximum atomic E-state index is 12.0. The van der Waals surface area contributed by atoms with E-state index in [1.165, 1.54) is 11.7 Å². The number of aromatic nitrogens is 4. The molecule has 0 bridgehead atoms. The standard InChI is InChI=1S/C16H18N4O5/c1-4-5-14-17-13(18-24-14)9-20-15(19-25-16(20)21)10-6-7-11(22-2)12(8-10)23-3/h6-8H,4-5,9H2,1-3H3. The highest BCUT2D eigenvalue weighted by molar-refractivity contribution is 5.61. The van der Waals surface area contributed by atoms with Gasteiger partial charge in [-0.3, -0.25) is 4.52 Å². The van der Waals surface area contributed by atoms with Crippen LogP contribution >= 0.6 is 0 Å². The zero-order valence-electron chi connectivity index (χ0n) is 14.2. The Bertz CT molecular complexity index is 911. The molecule has 2 aromatic heterocycles. The molecule has 0 unspecified atom stereocenters. The van der Waals surface area contributed by atoms with Gasteiger partial charge in [-0.25, -0.2) is 9.36 Å². The minimum Gasteiger partial charge on any atom is -0.493 e. The SMILES string of the molecule is CCCc1nc(Cn2c(-c3ccc(OC)c(OC)c3)noc2=O)no1. The molecule has 0 saturated carbocycles. The van der Waals surface area contributed by atoms with Crippen LogP contribution in [-0.2, 0) is 13.0 Å². The number of nitrogens with zero attached hydrogens (tertiary/aromatic N) is 4. The summed E-state index contributed by atoms with van der Waals surface area (Å²) in [5.41, 5.74) is 0.640. The van der Waals surface area contributed by atoms with Crippen LogP contribution in [0.1, 0.15) is 25.1 Å². The van der Waals surface area contributed by atoms with Crippen molar-refractivity contribution >= 4 is 0 Å². The molecule has 25 heavy (non-hydrogen) atoms. The molecule has 0 fully saturated rings. The number of methoxy groups -OCH3 is 2. The van der Waals surface area contributed by atoms with E-state index in [1.807, 2.05) is 6.92 Å². The van der Waals surface area contributed by atoms with E-state index in [0.717, 1.165) is 6.42 Å². The fourth-order valence-corrected chi connectivity index (χ4v) is 2.40. The Labute approximate surface area is 143 Å². The molecule has 1 aromatic carbocycles. The Morgan fingerprint density at radius 3 is 2.64 bits per heavy atom. The lowest BCUT2D eigenvalue weighted by Crippen LogP contribution is -2.17. The summed E-state index contributed by atoms with van der Waals surface area (Å²) in [5, 5.41) is 7.74. The molecule has 2 heterocycles. The van der Waals surface area contributed by atoms with Gasteiger partial charge in [-0.15, -0.1) is 0 Å². The Hall–Kier alpha value is -3.10. The summed E-state index contributed by atoms with van der Waals surface area (Å²) >= 11 is 0. The molecule has 0 N–H and O–H groups in total. The lowest BCUT2D eigenvalue weighted by Gasteiger charge is -2.09. The number of ether oxygens (including phenoxy) is 2. The summed E-state index contributed by atoms with van der Waals surface area (Å²) in [6, 6.07) is 5.20. The van der Waals surface area contributed by atoms with Gasteiger partial charge in [0.2, 0.25) is 5.89 Å². The van der Waals surface area contributed by atoms with Crippen molar-refractivity contribution < 1.29 is 18.5 Å². The van der Waals surface area contributed by atoms with Gasteiger partial charge in [0, 0.05) is 12.0 Å². The third-order valence-electron chi connectivity index (χ3n) is 3.60. The Kier molecular flexibility index (Phi) is 4.82. The first-order chi connectivity index (χ1) is 12.2. The number of hydrogen-bond donors (Lipinski definition) is 0. The van der Waals surface area contributed by atoms with E-state index >= 15 is 0 Å². The zero-order valence-corrected chi connectivity index (χ0v) is 14.2. The maximum Gasteiger partial charge on any atom is 0.442 e. The van der Waals surface area contributed by atoms with Crippen molar-refractivity contribution in [2.45, 2.75) is 26.3 Å². The van der Waals surface area contributed by atoms with Crippen molar-refractivity contribution in [3.63, 3.8) is 0 Å². The summed E-state index contributed by atoms with van der Waals surface area (Å²) in [4.78, 5) is 16.3. The van der Waals surface area contributed by atoms with E-state index in [-0.39, 0.29) is 6.54 Å². The third-order valence-corrected chi connectivity index (χ3v) is 3.60. The predicted molar refractivity (Wildman–Crippen MR) is 86.7 cm³/mol. The van der Waals surface area contributed by atoms with Gasteiger partial charge in [0.25, 0.3) is 0 Å². The van der Waals surface area contributed by atoms with Crippen LogP contribution in [0.15, 0.2) is 32.0 Å². The second-order valence-corrected chi connectivity index (χ2v) is 5.28. The molecule has 132 valence electrons. The fourth-order valence-electron chi connectivity index (χ4n) is 2.40. The van der Waals surface area contributed by atoms with Gasteiger partial charge in [-0.2, -0.15) is 4.98 Å². The second kappa shape index (κ2) is 7.20. The van der Waals surface area contributed by atoms with Crippen LogP contribution in [0, 0.1) is 0 Å². The number of aryl methyl sites for hydroxylation is 1. The van der Waals surface area contributed by atoms with Crippen molar-refractivity contribution in [1.29, 1.82) is 0 Å². The number of hydrogen-bond acceptors (Lipinski definition) is 8. The maximum absolute atomic E-state index is 12.0. The first-order valence-corrected chi connectivity index (χ1v) is 7.76. The van der Waals surface area contributed by atoms with Gasteiger partial charge in [-0.05, 0) is 24.6 Å². The van der Waals surface area contributed by atoms with E-state index in [9.17, 15) is 4.79 Å². The fraction of sp³-hybridized carbons (Fsp3) is 0.375. The molecule has 0 aliphatic heterocycles. The van der Waals surface area contributed by atoms with Crippen LogP contribution in [0.25, 0.3) is 11.4 Å². The Morgan fingerprint density at radius 1 is 1.12 bits per heavy atom. The quantitative estimate of drug-likeness (QED) is 0.639. The van der Waals surface area contributed by atoms with E-state index in [4.69, 9.17) is 18.5 Å². The largest absolute Gasteiger partial charge is 0.493 e. The molecule has 9 nitrogen and oxygen atoms in total. The molecular weight excluding hydrogens is 328 g/mol. The molecule has 0 amide bonds. The lowest BCUT2D eigenvalue weighted by atomic mass is 10.2. The van der Waals surface area contributed by atoms with Gasteiger partial charge in [0.05, 0.1) is 20.8 Å². The summed E-state index contributed by atoms with van der Waals surface area (Å²) in [7, 11) is 3.08. The minimum absolute atomic E-state index is 0.0965.